The van der Waals surface area contributed by atoms with Crippen LogP contribution in [-0.4, -0.2) is 44.7 Å². The fourth-order valence-corrected chi connectivity index (χ4v) is 2.04. The van der Waals surface area contributed by atoms with E-state index < -0.39 is 24.5 Å². The molecule has 16 heavy (non-hydrogen) atoms. The molecule has 0 amide bonds. The Morgan fingerprint density at radius 2 is 2.38 bits per heavy atom. The van der Waals surface area contributed by atoms with Crippen molar-refractivity contribution >= 4 is 0 Å². The summed E-state index contributed by atoms with van der Waals surface area (Å²) in [5, 5.41) is 26.1. The van der Waals surface area contributed by atoms with Gasteiger partial charge in [-0.3, -0.25) is 9.98 Å². The van der Waals surface area contributed by atoms with Gasteiger partial charge in [-0.05, 0) is 6.07 Å². The van der Waals surface area contributed by atoms with Crippen LogP contribution in [0.3, 0.4) is 0 Å². The highest BCUT2D eigenvalue weighted by Crippen LogP contribution is 2.38. The molecule has 1 aromatic heterocycles. The molecule has 0 bridgehead atoms. The number of aromatic nitrogens is 2. The quantitative estimate of drug-likeness (QED) is 0.533. The second-order valence-corrected chi connectivity index (χ2v) is 3.82. The average Bonchev–Trinajstić information content (AvgIpc) is 2.75. The molecule has 2 aliphatic rings. The van der Waals surface area contributed by atoms with E-state index in [0.29, 0.717) is 0 Å². The van der Waals surface area contributed by atoms with E-state index in [2.05, 4.69) is 4.98 Å². The Balaban J connectivity index is 1.99. The van der Waals surface area contributed by atoms with Gasteiger partial charge >= 0.3 is 6.01 Å². The molecule has 1 saturated heterocycles. The fraction of sp³-hybridized carbons (Fsp3) is 0.556. The van der Waals surface area contributed by atoms with Crippen LogP contribution < -0.4 is 10.2 Å². The third-order valence-corrected chi connectivity index (χ3v) is 2.84. The summed E-state index contributed by atoms with van der Waals surface area (Å²) >= 11 is 0. The predicted molar refractivity (Wildman–Crippen MR) is 49.5 cm³/mol. The minimum Gasteiger partial charge on any atom is -0.454 e. The highest BCUT2D eigenvalue weighted by Gasteiger charge is 2.50. The zero-order valence-electron chi connectivity index (χ0n) is 8.28. The first-order valence-corrected chi connectivity index (χ1v) is 4.95. The van der Waals surface area contributed by atoms with Gasteiger partial charge in [-0.15, -0.1) is 0 Å². The van der Waals surface area contributed by atoms with Crippen molar-refractivity contribution in [2.45, 2.75) is 24.5 Å². The molecule has 0 aliphatic carbocycles. The number of aliphatic hydroxyl groups is 2. The lowest BCUT2D eigenvalue weighted by Crippen LogP contribution is -2.34. The second kappa shape index (κ2) is 3.27. The minimum atomic E-state index is -0.883. The normalized spacial score (nSPS) is 35.6. The Hall–Kier alpha value is -1.44. The maximum atomic E-state index is 9.80. The van der Waals surface area contributed by atoms with Crippen LogP contribution in [0.25, 0.3) is 0 Å². The van der Waals surface area contributed by atoms with Gasteiger partial charge in [0.2, 0.25) is 0 Å². The molecule has 86 valence electrons. The van der Waals surface area contributed by atoms with Gasteiger partial charge in [0.25, 0.3) is 0 Å². The highest BCUT2D eigenvalue weighted by atomic mass is 16.6. The Kier molecular flexibility index (Phi) is 2.00. The predicted octanol–water partition coefficient (Wildman–Crippen LogP) is -1.63. The van der Waals surface area contributed by atoms with Crippen molar-refractivity contribution in [3.05, 3.63) is 17.8 Å². The smallest absolute Gasteiger partial charge is 0.301 e. The van der Waals surface area contributed by atoms with Crippen molar-refractivity contribution < 1.29 is 19.7 Å². The number of fused-ring (bicyclic) bond motifs is 3. The zero-order chi connectivity index (χ0) is 11.3. The summed E-state index contributed by atoms with van der Waals surface area (Å²) in [6, 6.07) is 1.77. The first-order chi connectivity index (χ1) is 7.70. The van der Waals surface area contributed by atoms with Crippen molar-refractivity contribution in [1.82, 2.24) is 9.55 Å². The minimum absolute atomic E-state index is 0.0967. The SMILES string of the molecule is N=c1ccn2c(n1)O[C@H]1[C@H](O)[C@H](CO)O[C@H]12. The molecule has 0 saturated carbocycles. The van der Waals surface area contributed by atoms with Crippen LogP contribution >= 0.6 is 0 Å². The molecule has 3 heterocycles. The molecule has 7 heteroatoms. The van der Waals surface area contributed by atoms with Crippen LogP contribution in [-0.2, 0) is 4.74 Å². The Bertz CT molecular complexity index is 474. The summed E-state index contributed by atoms with van der Waals surface area (Å²) in [4.78, 5) is 3.88. The van der Waals surface area contributed by atoms with Crippen molar-refractivity contribution in [3.8, 4) is 6.01 Å². The van der Waals surface area contributed by atoms with Crippen LogP contribution in [0, 0.1) is 5.41 Å². The van der Waals surface area contributed by atoms with E-state index in [0.717, 1.165) is 0 Å². The molecule has 0 radical (unpaired) electrons. The second-order valence-electron chi connectivity index (χ2n) is 3.82. The van der Waals surface area contributed by atoms with E-state index in [1.165, 1.54) is 6.07 Å². The summed E-state index contributed by atoms with van der Waals surface area (Å²) in [7, 11) is 0. The summed E-state index contributed by atoms with van der Waals surface area (Å²) < 4.78 is 12.5. The number of hydrogen-bond donors (Lipinski definition) is 3. The van der Waals surface area contributed by atoms with Crippen LogP contribution in [0.1, 0.15) is 6.23 Å². The number of nitrogens with one attached hydrogen (secondary N) is 1. The van der Waals surface area contributed by atoms with E-state index in [9.17, 15) is 5.11 Å². The highest BCUT2D eigenvalue weighted by molar-refractivity contribution is 5.10. The van der Waals surface area contributed by atoms with Crippen molar-refractivity contribution in [3.63, 3.8) is 0 Å². The van der Waals surface area contributed by atoms with Crippen LogP contribution in [0.5, 0.6) is 6.01 Å². The van der Waals surface area contributed by atoms with Gasteiger partial charge in [0.15, 0.2) is 17.8 Å². The van der Waals surface area contributed by atoms with Gasteiger partial charge in [-0.1, -0.05) is 0 Å². The molecular weight excluding hydrogens is 214 g/mol. The number of rotatable bonds is 1. The summed E-state index contributed by atoms with van der Waals surface area (Å²) in [6.07, 6.45) is -0.930. The van der Waals surface area contributed by atoms with Gasteiger partial charge in [-0.2, -0.15) is 4.98 Å². The molecule has 0 spiro atoms. The average molecular weight is 225 g/mol. The number of hydrogen-bond acceptors (Lipinski definition) is 6. The van der Waals surface area contributed by atoms with E-state index >= 15 is 0 Å². The molecule has 1 aromatic rings. The standard InChI is InChI=1S/C9H11N3O4/c10-5-1-2-12-8-7(16-9(12)11-5)6(14)4(3-13)15-8/h1-2,4,6-8,10,13-14H,3H2/t4-,6+,7-,8+/m0/s1. The van der Waals surface area contributed by atoms with Crippen LogP contribution in [0.4, 0.5) is 0 Å². The number of nitrogens with zero attached hydrogens (tertiary/aromatic N) is 2. The van der Waals surface area contributed by atoms with Crippen molar-refractivity contribution in [2.75, 3.05) is 6.61 Å². The first kappa shape index (κ1) is 9.76. The number of aliphatic hydroxyl groups excluding tert-OH is 2. The van der Waals surface area contributed by atoms with Gasteiger partial charge < -0.3 is 19.7 Å². The largest absolute Gasteiger partial charge is 0.454 e. The molecule has 3 rings (SSSR count). The molecule has 3 N–H and O–H groups in total. The molecular formula is C9H11N3O4. The van der Waals surface area contributed by atoms with Crippen molar-refractivity contribution in [2.24, 2.45) is 0 Å². The lowest BCUT2D eigenvalue weighted by Gasteiger charge is -2.14. The third kappa shape index (κ3) is 1.19. The van der Waals surface area contributed by atoms with E-state index in [1.54, 1.807) is 10.8 Å². The Labute approximate surface area is 90.4 Å². The van der Waals surface area contributed by atoms with Crippen molar-refractivity contribution in [1.29, 1.82) is 5.41 Å². The topological polar surface area (TPSA) is 101 Å². The molecule has 0 aromatic carbocycles. The maximum Gasteiger partial charge on any atom is 0.301 e. The van der Waals surface area contributed by atoms with Gasteiger partial charge in [0.05, 0.1) is 6.61 Å². The third-order valence-electron chi connectivity index (χ3n) is 2.84. The maximum absolute atomic E-state index is 9.80. The molecule has 0 unspecified atom stereocenters. The Morgan fingerprint density at radius 1 is 1.56 bits per heavy atom. The Morgan fingerprint density at radius 3 is 3.12 bits per heavy atom. The van der Waals surface area contributed by atoms with Gasteiger partial charge in [-0.25, -0.2) is 0 Å². The molecule has 4 atom stereocenters. The van der Waals surface area contributed by atoms with Gasteiger partial charge in [0.1, 0.15) is 12.2 Å². The summed E-state index contributed by atoms with van der Waals surface area (Å²) in [5.74, 6) is 0. The lowest BCUT2D eigenvalue weighted by molar-refractivity contribution is -0.0434. The van der Waals surface area contributed by atoms with E-state index in [1.807, 2.05) is 0 Å². The molecule has 2 aliphatic heterocycles. The monoisotopic (exact) mass is 225 g/mol. The van der Waals surface area contributed by atoms with Gasteiger partial charge in [0, 0.05) is 6.20 Å². The first-order valence-electron chi connectivity index (χ1n) is 4.95. The zero-order valence-corrected chi connectivity index (χ0v) is 8.28. The van der Waals surface area contributed by atoms with Crippen LogP contribution in [0.2, 0.25) is 0 Å². The van der Waals surface area contributed by atoms with E-state index in [-0.39, 0.29) is 18.1 Å². The summed E-state index contributed by atoms with van der Waals surface area (Å²) in [5.41, 5.74) is 0.0967. The summed E-state index contributed by atoms with van der Waals surface area (Å²) in [6.45, 7) is -0.253. The van der Waals surface area contributed by atoms with Crippen LogP contribution in [0.15, 0.2) is 12.3 Å². The lowest BCUT2D eigenvalue weighted by atomic mass is 10.1. The molecule has 7 nitrogen and oxygen atoms in total. The molecule has 1 fully saturated rings. The number of ether oxygens (including phenoxy) is 2. The van der Waals surface area contributed by atoms with E-state index in [4.69, 9.17) is 20.0 Å². The fourth-order valence-electron chi connectivity index (χ4n) is 2.04.